The Morgan fingerprint density at radius 1 is 1.06 bits per heavy atom. The average molecular weight is 233 g/mol. The quantitative estimate of drug-likeness (QED) is 0.790. The minimum Gasteiger partial charge on any atom is -0.337 e. The molecule has 1 saturated heterocycles. The van der Waals surface area contributed by atoms with Crippen LogP contribution in [0.3, 0.4) is 0 Å². The Morgan fingerprint density at radius 2 is 1.82 bits per heavy atom. The predicted octanol–water partition coefficient (Wildman–Crippen LogP) is 0.728. The fourth-order valence-electron chi connectivity index (χ4n) is 3.39. The van der Waals surface area contributed by atoms with Gasteiger partial charge in [-0.1, -0.05) is 0 Å². The van der Waals surface area contributed by atoms with Gasteiger partial charge in [0.2, 0.25) is 5.95 Å². The third kappa shape index (κ3) is 1.73. The van der Waals surface area contributed by atoms with Crippen molar-refractivity contribution in [3.05, 3.63) is 5.82 Å². The van der Waals surface area contributed by atoms with E-state index in [-0.39, 0.29) is 0 Å². The van der Waals surface area contributed by atoms with E-state index in [2.05, 4.69) is 20.4 Å². The minimum atomic E-state index is 0.655. The Labute approximate surface area is 101 Å². The van der Waals surface area contributed by atoms with E-state index >= 15 is 0 Å². The van der Waals surface area contributed by atoms with Crippen LogP contribution in [0.2, 0.25) is 0 Å². The minimum absolute atomic E-state index is 0.655. The molecule has 2 heterocycles. The van der Waals surface area contributed by atoms with Crippen molar-refractivity contribution in [3.8, 4) is 0 Å². The lowest BCUT2D eigenvalue weighted by Crippen LogP contribution is -2.44. The van der Waals surface area contributed by atoms with Gasteiger partial charge in [0.05, 0.1) is 0 Å². The standard InChI is InChI=1S/C12H19N5/c1-3-17(4-2-13-1)12-14-11(15-16-12)10-6-8-5-9(8)7-10/h8-10,13H,1-7H2,(H,14,15,16). The molecule has 5 heteroatoms. The molecule has 2 atom stereocenters. The Kier molecular flexibility index (Phi) is 2.15. The van der Waals surface area contributed by atoms with Crippen LogP contribution < -0.4 is 10.2 Å². The fraction of sp³-hybridized carbons (Fsp3) is 0.833. The van der Waals surface area contributed by atoms with E-state index in [1.54, 1.807) is 0 Å². The molecule has 2 saturated carbocycles. The van der Waals surface area contributed by atoms with Crippen LogP contribution in [0.15, 0.2) is 0 Å². The lowest BCUT2D eigenvalue weighted by Gasteiger charge is -2.25. The first-order valence-corrected chi connectivity index (χ1v) is 6.78. The van der Waals surface area contributed by atoms with Gasteiger partial charge in [0.1, 0.15) is 5.82 Å². The first-order chi connectivity index (χ1) is 8.40. The smallest absolute Gasteiger partial charge is 0.244 e. The van der Waals surface area contributed by atoms with Gasteiger partial charge in [0.15, 0.2) is 0 Å². The van der Waals surface area contributed by atoms with Gasteiger partial charge >= 0.3 is 0 Å². The van der Waals surface area contributed by atoms with Gasteiger partial charge in [-0.25, -0.2) is 0 Å². The number of anilines is 1. The van der Waals surface area contributed by atoms with Crippen molar-refractivity contribution in [2.45, 2.75) is 25.2 Å². The van der Waals surface area contributed by atoms with Gasteiger partial charge in [-0.2, -0.15) is 4.98 Å². The summed E-state index contributed by atoms with van der Waals surface area (Å²) in [6, 6.07) is 0. The third-order valence-corrected chi connectivity index (χ3v) is 4.52. The number of piperazine rings is 1. The molecule has 5 nitrogen and oxygen atoms in total. The van der Waals surface area contributed by atoms with Crippen LogP contribution in [0.5, 0.6) is 0 Å². The Balaban J connectivity index is 1.48. The Morgan fingerprint density at radius 3 is 2.59 bits per heavy atom. The number of fused-ring (bicyclic) bond motifs is 1. The van der Waals surface area contributed by atoms with Crippen LogP contribution >= 0.6 is 0 Å². The van der Waals surface area contributed by atoms with Crippen molar-refractivity contribution in [1.82, 2.24) is 20.5 Å². The number of nitrogens with zero attached hydrogens (tertiary/aromatic N) is 3. The van der Waals surface area contributed by atoms with E-state index in [1.165, 1.54) is 19.3 Å². The Hall–Kier alpha value is -1.10. The molecule has 17 heavy (non-hydrogen) atoms. The highest BCUT2D eigenvalue weighted by molar-refractivity contribution is 5.30. The average Bonchev–Trinajstić information content (AvgIpc) is 2.85. The number of aromatic amines is 1. The second kappa shape index (κ2) is 3.70. The van der Waals surface area contributed by atoms with E-state index in [9.17, 15) is 0 Å². The molecule has 92 valence electrons. The zero-order valence-corrected chi connectivity index (χ0v) is 10.0. The van der Waals surface area contributed by atoms with Gasteiger partial charge in [0, 0.05) is 32.1 Å². The van der Waals surface area contributed by atoms with Gasteiger partial charge in [-0.15, -0.1) is 5.10 Å². The molecular formula is C12H19N5. The summed E-state index contributed by atoms with van der Waals surface area (Å²) in [5.74, 6) is 4.70. The molecule has 1 aromatic heterocycles. The molecule has 0 bridgehead atoms. The highest BCUT2D eigenvalue weighted by Gasteiger charge is 2.47. The second-order valence-corrected chi connectivity index (χ2v) is 5.68. The van der Waals surface area contributed by atoms with E-state index in [0.29, 0.717) is 5.92 Å². The van der Waals surface area contributed by atoms with Crippen molar-refractivity contribution in [2.75, 3.05) is 31.1 Å². The summed E-state index contributed by atoms with van der Waals surface area (Å²) in [4.78, 5) is 6.97. The molecule has 3 aliphatic rings. The van der Waals surface area contributed by atoms with Gasteiger partial charge in [0.25, 0.3) is 0 Å². The number of nitrogens with one attached hydrogen (secondary N) is 2. The second-order valence-electron chi connectivity index (χ2n) is 5.68. The monoisotopic (exact) mass is 233 g/mol. The Bertz CT molecular complexity index is 382. The zero-order chi connectivity index (χ0) is 11.2. The van der Waals surface area contributed by atoms with Crippen LogP contribution in [-0.4, -0.2) is 41.4 Å². The number of aromatic nitrogens is 3. The van der Waals surface area contributed by atoms with Crippen molar-refractivity contribution >= 4 is 5.95 Å². The highest BCUT2D eigenvalue weighted by Crippen LogP contribution is 2.56. The molecule has 3 fully saturated rings. The number of hydrogen-bond donors (Lipinski definition) is 2. The maximum absolute atomic E-state index is 4.70. The molecule has 4 rings (SSSR count). The summed E-state index contributed by atoms with van der Waals surface area (Å²) >= 11 is 0. The molecular weight excluding hydrogens is 214 g/mol. The lowest BCUT2D eigenvalue weighted by molar-refractivity contribution is 0.578. The first kappa shape index (κ1) is 9.88. The van der Waals surface area contributed by atoms with Crippen LogP contribution in [0.1, 0.15) is 31.0 Å². The van der Waals surface area contributed by atoms with E-state index in [4.69, 9.17) is 4.98 Å². The summed E-state index contributed by atoms with van der Waals surface area (Å²) < 4.78 is 0. The normalized spacial score (nSPS) is 36.0. The van der Waals surface area contributed by atoms with E-state index in [1.807, 2.05) is 0 Å². The van der Waals surface area contributed by atoms with Crippen molar-refractivity contribution in [3.63, 3.8) is 0 Å². The molecule has 2 unspecified atom stereocenters. The predicted molar refractivity (Wildman–Crippen MR) is 65.0 cm³/mol. The van der Waals surface area contributed by atoms with E-state index < -0.39 is 0 Å². The van der Waals surface area contributed by atoms with Gasteiger partial charge in [-0.3, -0.25) is 5.10 Å². The molecule has 0 amide bonds. The third-order valence-electron chi connectivity index (χ3n) is 4.52. The largest absolute Gasteiger partial charge is 0.337 e. The fourth-order valence-corrected chi connectivity index (χ4v) is 3.39. The maximum Gasteiger partial charge on any atom is 0.244 e. The van der Waals surface area contributed by atoms with E-state index in [0.717, 1.165) is 49.8 Å². The molecule has 1 aromatic rings. The summed E-state index contributed by atoms with van der Waals surface area (Å²) in [6.07, 6.45) is 4.14. The highest BCUT2D eigenvalue weighted by atomic mass is 15.4. The molecule has 0 spiro atoms. The SMILES string of the molecule is C1CN(c2n[nH]c(C3CC4CC4C3)n2)CCN1. The van der Waals surface area contributed by atoms with Gasteiger partial charge in [-0.05, 0) is 31.1 Å². The molecule has 2 N–H and O–H groups in total. The molecule has 0 aromatic carbocycles. The number of hydrogen-bond acceptors (Lipinski definition) is 4. The van der Waals surface area contributed by atoms with Gasteiger partial charge < -0.3 is 10.2 Å². The maximum atomic E-state index is 4.70. The summed E-state index contributed by atoms with van der Waals surface area (Å²) in [5.41, 5.74) is 0. The van der Waals surface area contributed by atoms with Crippen LogP contribution in [-0.2, 0) is 0 Å². The van der Waals surface area contributed by atoms with Crippen LogP contribution in [0, 0.1) is 11.8 Å². The number of H-pyrrole nitrogens is 1. The van der Waals surface area contributed by atoms with Crippen molar-refractivity contribution < 1.29 is 0 Å². The topological polar surface area (TPSA) is 56.8 Å². The van der Waals surface area contributed by atoms with Crippen molar-refractivity contribution in [2.24, 2.45) is 11.8 Å². The van der Waals surface area contributed by atoms with Crippen LogP contribution in [0.25, 0.3) is 0 Å². The zero-order valence-electron chi connectivity index (χ0n) is 10.0. The summed E-state index contributed by atoms with van der Waals surface area (Å²) in [5, 5.41) is 10.9. The number of rotatable bonds is 2. The summed E-state index contributed by atoms with van der Waals surface area (Å²) in [7, 11) is 0. The summed E-state index contributed by atoms with van der Waals surface area (Å²) in [6.45, 7) is 4.12. The molecule has 1 aliphatic heterocycles. The molecule has 0 radical (unpaired) electrons. The van der Waals surface area contributed by atoms with Crippen LogP contribution in [0.4, 0.5) is 5.95 Å². The lowest BCUT2D eigenvalue weighted by atomic mass is 10.0. The first-order valence-electron chi connectivity index (χ1n) is 6.78. The van der Waals surface area contributed by atoms with Crippen molar-refractivity contribution in [1.29, 1.82) is 0 Å². The molecule has 2 aliphatic carbocycles.